The Hall–Kier alpha value is -2.61. The van der Waals surface area contributed by atoms with Crippen molar-refractivity contribution in [2.75, 3.05) is 20.2 Å². The number of rotatable bonds is 7. The molecule has 0 bridgehead atoms. The Labute approximate surface area is 141 Å². The first-order chi connectivity index (χ1) is 11.6. The van der Waals surface area contributed by atoms with Crippen LogP contribution < -0.4 is 15.4 Å². The molecule has 0 aliphatic carbocycles. The number of aliphatic imine (C=N–C) groups is 1. The summed E-state index contributed by atoms with van der Waals surface area (Å²) in [4.78, 5) is 8.58. The SMILES string of the molecule is CCNC(=NCc1ncnn1C)NCC(O)c1ccc(OC)cc1. The standard InChI is InChI=1S/C16H24N6O2/c1-4-17-16(19-10-15-20-11-21-22(15)2)18-9-14(23)12-5-7-13(24-3)8-6-12/h5-8,11,14,23H,4,9-10H2,1-3H3,(H2,17,18,19). The van der Waals surface area contributed by atoms with Crippen LogP contribution in [-0.2, 0) is 13.6 Å². The molecule has 2 rings (SSSR count). The molecule has 8 nitrogen and oxygen atoms in total. The van der Waals surface area contributed by atoms with Gasteiger partial charge >= 0.3 is 0 Å². The van der Waals surface area contributed by atoms with Gasteiger partial charge in [-0.3, -0.25) is 4.68 Å². The van der Waals surface area contributed by atoms with Crippen molar-refractivity contribution in [1.82, 2.24) is 25.4 Å². The Bertz CT molecular complexity index is 653. The molecule has 8 heteroatoms. The van der Waals surface area contributed by atoms with Gasteiger partial charge in [-0.1, -0.05) is 12.1 Å². The lowest BCUT2D eigenvalue weighted by Gasteiger charge is -2.15. The first-order valence-electron chi connectivity index (χ1n) is 7.81. The average Bonchev–Trinajstić information content (AvgIpc) is 3.02. The van der Waals surface area contributed by atoms with Crippen molar-refractivity contribution in [3.05, 3.63) is 42.0 Å². The normalized spacial score (nSPS) is 12.8. The minimum atomic E-state index is -0.644. The highest BCUT2D eigenvalue weighted by atomic mass is 16.5. The van der Waals surface area contributed by atoms with Gasteiger partial charge in [-0.15, -0.1) is 0 Å². The zero-order valence-corrected chi connectivity index (χ0v) is 14.2. The van der Waals surface area contributed by atoms with E-state index in [2.05, 4.69) is 25.7 Å². The highest BCUT2D eigenvalue weighted by molar-refractivity contribution is 5.79. The summed E-state index contributed by atoms with van der Waals surface area (Å²) in [5.41, 5.74) is 0.812. The molecule has 130 valence electrons. The predicted molar refractivity (Wildman–Crippen MR) is 91.8 cm³/mol. The van der Waals surface area contributed by atoms with Gasteiger partial charge in [0.15, 0.2) is 5.96 Å². The maximum absolute atomic E-state index is 10.3. The van der Waals surface area contributed by atoms with Gasteiger partial charge in [-0.25, -0.2) is 9.98 Å². The van der Waals surface area contributed by atoms with Gasteiger partial charge in [0.2, 0.25) is 0 Å². The molecule has 0 radical (unpaired) electrons. The van der Waals surface area contributed by atoms with E-state index in [1.54, 1.807) is 11.8 Å². The van der Waals surface area contributed by atoms with E-state index in [-0.39, 0.29) is 0 Å². The Kier molecular flexibility index (Phi) is 6.56. The lowest BCUT2D eigenvalue weighted by atomic mass is 10.1. The number of benzene rings is 1. The summed E-state index contributed by atoms with van der Waals surface area (Å²) < 4.78 is 6.80. The van der Waals surface area contributed by atoms with Crippen molar-refractivity contribution in [2.45, 2.75) is 19.6 Å². The van der Waals surface area contributed by atoms with Crippen molar-refractivity contribution in [3.8, 4) is 5.75 Å². The third-order valence-corrected chi connectivity index (χ3v) is 3.49. The second-order valence-electron chi connectivity index (χ2n) is 5.16. The van der Waals surface area contributed by atoms with Gasteiger partial charge in [0.1, 0.15) is 24.4 Å². The van der Waals surface area contributed by atoms with E-state index in [4.69, 9.17) is 4.74 Å². The van der Waals surface area contributed by atoms with Crippen LogP contribution in [0, 0.1) is 0 Å². The van der Waals surface area contributed by atoms with Crippen molar-refractivity contribution in [2.24, 2.45) is 12.0 Å². The first kappa shape index (κ1) is 17.7. The summed E-state index contributed by atoms with van der Waals surface area (Å²) in [6, 6.07) is 7.33. The van der Waals surface area contributed by atoms with E-state index in [1.165, 1.54) is 6.33 Å². The molecule has 0 fully saturated rings. The molecule has 0 saturated carbocycles. The Morgan fingerprint density at radius 1 is 1.33 bits per heavy atom. The molecule has 2 aromatic rings. The Morgan fingerprint density at radius 3 is 2.67 bits per heavy atom. The molecular formula is C16H24N6O2. The molecule has 0 spiro atoms. The fourth-order valence-corrected chi connectivity index (χ4v) is 2.09. The maximum atomic E-state index is 10.3. The second-order valence-corrected chi connectivity index (χ2v) is 5.16. The molecule has 1 atom stereocenters. The number of hydrogen-bond donors (Lipinski definition) is 3. The third kappa shape index (κ3) is 4.95. The molecular weight excluding hydrogens is 308 g/mol. The van der Waals surface area contributed by atoms with E-state index < -0.39 is 6.10 Å². The molecule has 0 saturated heterocycles. The number of aliphatic hydroxyl groups excluding tert-OH is 1. The summed E-state index contributed by atoms with van der Waals surface area (Å²) in [7, 11) is 3.44. The highest BCUT2D eigenvalue weighted by Gasteiger charge is 2.09. The highest BCUT2D eigenvalue weighted by Crippen LogP contribution is 2.16. The lowest BCUT2D eigenvalue weighted by Crippen LogP contribution is -2.39. The summed E-state index contributed by atoms with van der Waals surface area (Å²) in [6.07, 6.45) is 0.855. The number of aryl methyl sites for hydroxylation is 1. The first-order valence-corrected chi connectivity index (χ1v) is 7.81. The quantitative estimate of drug-likeness (QED) is 0.508. The van der Waals surface area contributed by atoms with Crippen molar-refractivity contribution >= 4 is 5.96 Å². The summed E-state index contributed by atoms with van der Waals surface area (Å²) in [6.45, 7) is 3.46. The van der Waals surface area contributed by atoms with Crippen LogP contribution in [-0.4, -0.2) is 46.0 Å². The number of nitrogens with zero attached hydrogens (tertiary/aromatic N) is 4. The van der Waals surface area contributed by atoms with E-state index in [9.17, 15) is 5.11 Å². The monoisotopic (exact) mass is 332 g/mol. The van der Waals surface area contributed by atoms with Crippen LogP contribution in [0.15, 0.2) is 35.6 Å². The molecule has 1 unspecified atom stereocenters. The minimum Gasteiger partial charge on any atom is -0.497 e. The molecule has 1 aromatic carbocycles. The van der Waals surface area contributed by atoms with E-state index in [1.807, 2.05) is 38.2 Å². The number of ether oxygens (including phenoxy) is 1. The fourth-order valence-electron chi connectivity index (χ4n) is 2.09. The molecule has 24 heavy (non-hydrogen) atoms. The van der Waals surface area contributed by atoms with Crippen molar-refractivity contribution in [1.29, 1.82) is 0 Å². The number of hydrogen-bond acceptors (Lipinski definition) is 5. The number of aromatic nitrogens is 3. The van der Waals surface area contributed by atoms with Gasteiger partial charge in [-0.05, 0) is 24.6 Å². The van der Waals surface area contributed by atoms with E-state index >= 15 is 0 Å². The predicted octanol–water partition coefficient (Wildman–Crippen LogP) is 0.612. The van der Waals surface area contributed by atoms with E-state index in [0.717, 1.165) is 23.7 Å². The van der Waals surface area contributed by atoms with Crippen molar-refractivity contribution in [3.63, 3.8) is 0 Å². The smallest absolute Gasteiger partial charge is 0.191 e. The van der Waals surface area contributed by atoms with Gasteiger partial charge < -0.3 is 20.5 Å². The van der Waals surface area contributed by atoms with Crippen LogP contribution in [0.5, 0.6) is 5.75 Å². The number of aliphatic hydroxyl groups is 1. The van der Waals surface area contributed by atoms with Crippen LogP contribution in [0.1, 0.15) is 24.4 Å². The van der Waals surface area contributed by atoms with Crippen LogP contribution in [0.25, 0.3) is 0 Å². The van der Waals surface area contributed by atoms with Crippen molar-refractivity contribution < 1.29 is 9.84 Å². The zero-order chi connectivity index (χ0) is 17.4. The molecule has 1 aromatic heterocycles. The molecule has 1 heterocycles. The van der Waals surface area contributed by atoms with Gasteiger partial charge in [0.25, 0.3) is 0 Å². The van der Waals surface area contributed by atoms with Gasteiger partial charge in [0, 0.05) is 20.1 Å². The molecule has 3 N–H and O–H groups in total. The van der Waals surface area contributed by atoms with E-state index in [0.29, 0.717) is 19.0 Å². The zero-order valence-electron chi connectivity index (χ0n) is 14.2. The number of methoxy groups -OCH3 is 1. The fraction of sp³-hybridized carbons (Fsp3) is 0.438. The van der Waals surface area contributed by atoms with Crippen LogP contribution in [0.4, 0.5) is 0 Å². The van der Waals surface area contributed by atoms with Crippen LogP contribution in [0.2, 0.25) is 0 Å². The second kappa shape index (κ2) is 8.88. The lowest BCUT2D eigenvalue weighted by molar-refractivity contribution is 0.180. The van der Waals surface area contributed by atoms with Gasteiger partial charge in [0.05, 0.1) is 13.2 Å². The Morgan fingerprint density at radius 2 is 2.08 bits per heavy atom. The van der Waals surface area contributed by atoms with Gasteiger partial charge in [-0.2, -0.15) is 5.10 Å². The third-order valence-electron chi connectivity index (χ3n) is 3.49. The summed E-state index contributed by atoms with van der Waals surface area (Å²) in [5, 5.41) is 20.6. The minimum absolute atomic E-state index is 0.344. The summed E-state index contributed by atoms with van der Waals surface area (Å²) >= 11 is 0. The number of nitrogens with one attached hydrogen (secondary N) is 2. The number of guanidine groups is 1. The average molecular weight is 332 g/mol. The van der Waals surface area contributed by atoms with Crippen LogP contribution >= 0.6 is 0 Å². The maximum Gasteiger partial charge on any atom is 0.191 e. The molecule has 0 aliphatic rings. The van der Waals surface area contributed by atoms with Crippen LogP contribution in [0.3, 0.4) is 0 Å². The largest absolute Gasteiger partial charge is 0.497 e. The topological polar surface area (TPSA) is 96.6 Å². The summed E-state index contributed by atoms with van der Waals surface area (Å²) in [5.74, 6) is 2.15. The molecule has 0 amide bonds. The molecule has 0 aliphatic heterocycles. The Balaban J connectivity index is 1.93.